The van der Waals surface area contributed by atoms with Crippen molar-refractivity contribution in [2.45, 2.75) is 12.5 Å². The van der Waals surface area contributed by atoms with Crippen LogP contribution in [0.3, 0.4) is 0 Å². The molecule has 0 aliphatic rings. The third-order valence-corrected chi connectivity index (χ3v) is 4.80. The summed E-state index contributed by atoms with van der Waals surface area (Å²) in [5.74, 6) is -0.422. The fraction of sp³-hybridized carbons (Fsp3) is 0.667. The molecule has 0 aliphatic carbocycles. The Labute approximate surface area is 118 Å². The van der Waals surface area contributed by atoms with Crippen LogP contribution < -0.4 is 0 Å². The van der Waals surface area contributed by atoms with E-state index in [0.717, 1.165) is 6.08 Å². The monoisotopic (exact) mass is 332 g/mol. The summed E-state index contributed by atoms with van der Waals surface area (Å²) in [6, 6.07) is 0.612. The number of esters is 1. The SMILES string of the molecule is C=CC(=O)OCCC[Si](OC)(OC)OC.O=P(O)(O)O. The minimum Gasteiger partial charge on any atom is -0.463 e. The molecule has 0 aromatic carbocycles. The Bertz CT molecular complexity index is 309. The quantitative estimate of drug-likeness (QED) is 0.185. The Morgan fingerprint density at radius 3 is 1.90 bits per heavy atom. The molecule has 0 saturated carbocycles. The molecule has 0 aromatic rings. The second kappa shape index (κ2) is 11.1. The second-order valence-electron chi connectivity index (χ2n) is 3.28. The van der Waals surface area contributed by atoms with Gasteiger partial charge in [0, 0.05) is 33.4 Å². The van der Waals surface area contributed by atoms with Crippen LogP contribution in [0.4, 0.5) is 0 Å². The summed E-state index contributed by atoms with van der Waals surface area (Å²) < 4.78 is 29.3. The maximum atomic E-state index is 10.7. The highest BCUT2D eigenvalue weighted by molar-refractivity contribution is 7.45. The Morgan fingerprint density at radius 2 is 1.60 bits per heavy atom. The van der Waals surface area contributed by atoms with Gasteiger partial charge in [-0.3, -0.25) is 0 Å². The Morgan fingerprint density at radius 1 is 1.20 bits per heavy atom. The summed E-state index contributed by atoms with van der Waals surface area (Å²) in [6.45, 7) is 3.61. The van der Waals surface area contributed by atoms with E-state index in [1.807, 2.05) is 0 Å². The minimum absolute atomic E-state index is 0.315. The number of carbonyl (C=O) groups is 1. The lowest BCUT2D eigenvalue weighted by atomic mass is 10.5. The zero-order valence-electron chi connectivity index (χ0n) is 11.6. The van der Waals surface area contributed by atoms with Crippen molar-refractivity contribution in [3.8, 4) is 0 Å². The van der Waals surface area contributed by atoms with E-state index in [0.29, 0.717) is 19.1 Å². The molecule has 3 N–H and O–H groups in total. The molecule has 0 unspecified atom stereocenters. The Kier molecular flexibility index (Phi) is 12.1. The van der Waals surface area contributed by atoms with Crippen LogP contribution >= 0.6 is 7.82 Å². The molecule has 0 amide bonds. The Balaban J connectivity index is 0. The molecule has 0 atom stereocenters. The number of carbonyl (C=O) groups excluding carboxylic acids is 1. The highest BCUT2D eigenvalue weighted by Gasteiger charge is 2.36. The van der Waals surface area contributed by atoms with Gasteiger partial charge < -0.3 is 32.7 Å². The molecule has 0 bridgehead atoms. The van der Waals surface area contributed by atoms with Crippen LogP contribution in [0.2, 0.25) is 6.04 Å². The van der Waals surface area contributed by atoms with Gasteiger partial charge >= 0.3 is 22.6 Å². The normalized spacial score (nSPS) is 11.3. The van der Waals surface area contributed by atoms with Crippen LogP contribution in [0.15, 0.2) is 12.7 Å². The van der Waals surface area contributed by atoms with Crippen LogP contribution in [0, 0.1) is 0 Å². The molecule has 11 heteroatoms. The number of ether oxygens (including phenoxy) is 1. The maximum absolute atomic E-state index is 10.7. The zero-order valence-corrected chi connectivity index (χ0v) is 13.5. The smallest absolute Gasteiger partial charge is 0.463 e. The largest absolute Gasteiger partial charge is 0.500 e. The molecule has 0 aliphatic heterocycles. The van der Waals surface area contributed by atoms with E-state index in [9.17, 15) is 4.79 Å². The van der Waals surface area contributed by atoms with Crippen molar-refractivity contribution in [2.24, 2.45) is 0 Å². The topological polar surface area (TPSA) is 132 Å². The van der Waals surface area contributed by atoms with E-state index in [1.165, 1.54) is 0 Å². The average molecular weight is 332 g/mol. The van der Waals surface area contributed by atoms with Gasteiger partial charge in [0.1, 0.15) is 0 Å². The maximum Gasteiger partial charge on any atom is 0.500 e. The highest BCUT2D eigenvalue weighted by Crippen LogP contribution is 2.25. The van der Waals surface area contributed by atoms with Crippen molar-refractivity contribution >= 4 is 22.6 Å². The van der Waals surface area contributed by atoms with Gasteiger partial charge in [-0.2, -0.15) is 0 Å². The number of phosphoric acid groups is 1. The summed E-state index contributed by atoms with van der Waals surface area (Å²) in [5, 5.41) is 0. The van der Waals surface area contributed by atoms with Crippen LogP contribution in [0.1, 0.15) is 6.42 Å². The molecule has 0 rings (SSSR count). The van der Waals surface area contributed by atoms with Crippen molar-refractivity contribution in [1.82, 2.24) is 0 Å². The number of hydrogen-bond donors (Lipinski definition) is 3. The number of rotatable bonds is 8. The van der Waals surface area contributed by atoms with Gasteiger partial charge in [-0.1, -0.05) is 6.58 Å². The van der Waals surface area contributed by atoms with Gasteiger partial charge in [-0.15, -0.1) is 0 Å². The standard InChI is InChI=1S/C9H18O5Si.H3O4P/c1-5-9(10)14-7-6-8-15(11-2,12-3)13-4;1-5(2,3)4/h5H,1,6-8H2,2-4H3;(H3,1,2,3,4). The lowest BCUT2D eigenvalue weighted by Crippen LogP contribution is -2.42. The highest BCUT2D eigenvalue weighted by atomic mass is 31.2. The van der Waals surface area contributed by atoms with Crippen molar-refractivity contribution in [1.29, 1.82) is 0 Å². The lowest BCUT2D eigenvalue weighted by molar-refractivity contribution is -0.137. The van der Waals surface area contributed by atoms with Gasteiger partial charge in [0.25, 0.3) is 0 Å². The molecular weight excluding hydrogens is 311 g/mol. The van der Waals surface area contributed by atoms with E-state index < -0.39 is 22.6 Å². The lowest BCUT2D eigenvalue weighted by Gasteiger charge is -2.23. The van der Waals surface area contributed by atoms with Gasteiger partial charge in [0.15, 0.2) is 0 Å². The van der Waals surface area contributed by atoms with Crippen LogP contribution in [0.25, 0.3) is 0 Å². The molecule has 0 aromatic heterocycles. The molecular formula is C9H21O9PSi. The van der Waals surface area contributed by atoms with Gasteiger partial charge in [0.2, 0.25) is 0 Å². The molecule has 120 valence electrons. The summed E-state index contributed by atoms with van der Waals surface area (Å²) in [4.78, 5) is 32.3. The molecule has 9 nitrogen and oxygen atoms in total. The van der Waals surface area contributed by atoms with Crippen LogP contribution in [-0.4, -0.2) is 57.4 Å². The molecule has 0 radical (unpaired) electrons. The fourth-order valence-corrected chi connectivity index (χ4v) is 2.77. The van der Waals surface area contributed by atoms with Gasteiger partial charge in [-0.05, 0) is 6.42 Å². The zero-order chi connectivity index (χ0) is 16.2. The van der Waals surface area contributed by atoms with Crippen LogP contribution in [-0.2, 0) is 27.4 Å². The van der Waals surface area contributed by atoms with Gasteiger partial charge in [0.05, 0.1) is 6.61 Å². The van der Waals surface area contributed by atoms with E-state index in [1.54, 1.807) is 21.3 Å². The summed E-state index contributed by atoms with van der Waals surface area (Å²) in [7, 11) is -2.50. The van der Waals surface area contributed by atoms with E-state index >= 15 is 0 Å². The van der Waals surface area contributed by atoms with Crippen molar-refractivity contribution < 1.29 is 42.1 Å². The van der Waals surface area contributed by atoms with Crippen molar-refractivity contribution in [3.63, 3.8) is 0 Å². The summed E-state index contributed by atoms with van der Waals surface area (Å²) >= 11 is 0. The minimum atomic E-state index is -4.64. The molecule has 0 saturated heterocycles. The van der Waals surface area contributed by atoms with E-state index in [-0.39, 0.29) is 0 Å². The predicted octanol–water partition coefficient (Wildman–Crippen LogP) is 0.0552. The third-order valence-electron chi connectivity index (χ3n) is 1.97. The predicted molar refractivity (Wildman–Crippen MR) is 71.6 cm³/mol. The van der Waals surface area contributed by atoms with E-state index in [4.69, 9.17) is 37.3 Å². The molecule has 0 spiro atoms. The average Bonchev–Trinajstić information content (AvgIpc) is 2.37. The van der Waals surface area contributed by atoms with Crippen molar-refractivity contribution in [2.75, 3.05) is 27.9 Å². The molecule has 0 fully saturated rings. The molecule has 0 heterocycles. The van der Waals surface area contributed by atoms with Gasteiger partial charge in [-0.25, -0.2) is 9.36 Å². The van der Waals surface area contributed by atoms with Crippen molar-refractivity contribution in [3.05, 3.63) is 12.7 Å². The first kappa shape index (κ1) is 21.7. The first-order valence-electron chi connectivity index (χ1n) is 5.37. The van der Waals surface area contributed by atoms with Crippen LogP contribution in [0.5, 0.6) is 0 Å². The third kappa shape index (κ3) is 13.8. The second-order valence-corrected chi connectivity index (χ2v) is 7.40. The van der Waals surface area contributed by atoms with E-state index in [2.05, 4.69) is 6.58 Å². The summed E-state index contributed by atoms with van der Waals surface area (Å²) in [5.41, 5.74) is 0. The first-order chi connectivity index (χ1) is 9.14. The first-order valence-corrected chi connectivity index (χ1v) is 8.86. The Hall–Kier alpha value is -0.583. The fourth-order valence-electron chi connectivity index (χ4n) is 1.08. The molecule has 20 heavy (non-hydrogen) atoms. The number of hydrogen-bond acceptors (Lipinski definition) is 6. The summed E-state index contributed by atoms with van der Waals surface area (Å²) in [6.07, 6.45) is 1.77.